The number of anilines is 1. The maximum Gasteiger partial charge on any atom is 0.243 e. The van der Waals surface area contributed by atoms with E-state index in [1.54, 1.807) is 30.7 Å². The number of aryl methyl sites for hydroxylation is 2. The van der Waals surface area contributed by atoms with Gasteiger partial charge in [-0.15, -0.1) is 0 Å². The Morgan fingerprint density at radius 2 is 1.79 bits per heavy atom. The number of carbonyl (C=O) groups is 1. The van der Waals surface area contributed by atoms with Gasteiger partial charge in [0.05, 0.1) is 17.4 Å². The van der Waals surface area contributed by atoms with E-state index in [0.29, 0.717) is 17.2 Å². The van der Waals surface area contributed by atoms with Crippen LogP contribution in [0.3, 0.4) is 0 Å². The number of carbonyl (C=O) groups excluding carboxylic acids is 1. The molecule has 4 aromatic heterocycles. The molecule has 0 aliphatic rings. The van der Waals surface area contributed by atoms with Crippen molar-refractivity contribution in [1.29, 1.82) is 0 Å². The summed E-state index contributed by atoms with van der Waals surface area (Å²) in [4.78, 5) is 25.8. The van der Waals surface area contributed by atoms with Crippen molar-refractivity contribution in [3.63, 3.8) is 0 Å². The third kappa shape index (κ3) is 3.62. The third-order valence-corrected chi connectivity index (χ3v) is 4.63. The average molecular weight is 384 g/mol. The molecule has 0 fully saturated rings. The van der Waals surface area contributed by atoms with Crippen molar-refractivity contribution >= 4 is 23.5 Å². The molecular weight excluding hydrogens is 364 g/mol. The topological polar surface area (TPSA) is 84.5 Å². The smallest absolute Gasteiger partial charge is 0.243 e. The fourth-order valence-corrected chi connectivity index (χ4v) is 3.37. The lowest BCUT2D eigenvalue weighted by Gasteiger charge is -2.03. The lowest BCUT2D eigenvalue weighted by Crippen LogP contribution is -2.06. The second-order valence-corrected chi connectivity index (χ2v) is 6.75. The van der Waals surface area contributed by atoms with Gasteiger partial charge in [-0.2, -0.15) is 5.10 Å². The van der Waals surface area contributed by atoms with Crippen LogP contribution in [0.15, 0.2) is 60.1 Å². The van der Waals surface area contributed by atoms with Gasteiger partial charge in [0.25, 0.3) is 0 Å². The molecule has 4 rings (SSSR count). The molecule has 0 spiro atoms. The number of pyridine rings is 2. The van der Waals surface area contributed by atoms with Crippen LogP contribution in [0.4, 0.5) is 5.95 Å². The van der Waals surface area contributed by atoms with Gasteiger partial charge in [-0.1, -0.05) is 6.07 Å². The highest BCUT2D eigenvalue weighted by Gasteiger charge is 2.20. The zero-order valence-electron chi connectivity index (χ0n) is 16.4. The van der Waals surface area contributed by atoms with Crippen LogP contribution in [0.5, 0.6) is 0 Å². The molecule has 0 amide bonds. The molecule has 0 saturated carbocycles. The van der Waals surface area contributed by atoms with Crippen molar-refractivity contribution in [1.82, 2.24) is 19.4 Å². The van der Waals surface area contributed by atoms with Crippen molar-refractivity contribution in [2.45, 2.75) is 20.8 Å². The predicted octanol–water partition coefficient (Wildman–Crippen LogP) is 3.73. The summed E-state index contributed by atoms with van der Waals surface area (Å²) in [7, 11) is 0. The van der Waals surface area contributed by atoms with Gasteiger partial charge in [-0.3, -0.25) is 9.78 Å². The van der Waals surface area contributed by atoms with Crippen molar-refractivity contribution in [2.75, 3.05) is 5.43 Å². The van der Waals surface area contributed by atoms with Crippen molar-refractivity contribution < 1.29 is 4.79 Å². The highest BCUT2D eigenvalue weighted by atomic mass is 16.1. The van der Waals surface area contributed by atoms with Crippen molar-refractivity contribution in [3.05, 3.63) is 88.8 Å². The van der Waals surface area contributed by atoms with E-state index in [2.05, 4.69) is 25.5 Å². The zero-order chi connectivity index (χ0) is 20.4. The number of aromatic nitrogens is 4. The van der Waals surface area contributed by atoms with E-state index in [-0.39, 0.29) is 5.78 Å². The van der Waals surface area contributed by atoms with Gasteiger partial charge < -0.3 is 4.40 Å². The first-order valence-electron chi connectivity index (χ1n) is 9.20. The minimum atomic E-state index is -0.0589. The largest absolute Gasteiger partial charge is 0.313 e. The molecule has 0 unspecified atom stereocenters. The number of hydrogen-bond donors (Lipinski definition) is 1. The molecule has 7 nitrogen and oxygen atoms in total. The van der Waals surface area contributed by atoms with Crippen LogP contribution in [0, 0.1) is 20.8 Å². The van der Waals surface area contributed by atoms with E-state index in [1.165, 1.54) is 0 Å². The molecule has 144 valence electrons. The quantitative estimate of drug-likeness (QED) is 0.322. The molecule has 0 radical (unpaired) electrons. The minimum Gasteiger partial charge on any atom is -0.313 e. The molecule has 0 aliphatic carbocycles. The van der Waals surface area contributed by atoms with Crippen molar-refractivity contribution in [2.24, 2.45) is 5.10 Å². The molecule has 7 heteroatoms. The monoisotopic (exact) mass is 384 g/mol. The van der Waals surface area contributed by atoms with E-state index >= 15 is 0 Å². The summed E-state index contributed by atoms with van der Waals surface area (Å²) < 4.78 is 1.90. The second-order valence-electron chi connectivity index (χ2n) is 6.75. The fraction of sp³-hybridized carbons (Fsp3) is 0.136. The Labute approximate surface area is 168 Å². The van der Waals surface area contributed by atoms with Gasteiger partial charge in [-0.05, 0) is 56.7 Å². The maximum atomic E-state index is 13.1. The molecule has 0 aliphatic heterocycles. The molecule has 0 atom stereocenters. The zero-order valence-corrected chi connectivity index (χ0v) is 16.4. The highest BCUT2D eigenvalue weighted by Crippen LogP contribution is 2.24. The Morgan fingerprint density at radius 1 is 1.07 bits per heavy atom. The number of nitrogens with one attached hydrogen (secondary N) is 1. The van der Waals surface area contributed by atoms with Crippen LogP contribution in [0.2, 0.25) is 0 Å². The van der Waals surface area contributed by atoms with Gasteiger partial charge in [0.2, 0.25) is 11.7 Å². The Kier molecular flexibility index (Phi) is 4.87. The van der Waals surface area contributed by atoms with Crippen LogP contribution in [0.1, 0.15) is 38.6 Å². The summed E-state index contributed by atoms with van der Waals surface area (Å²) in [5.74, 6) is 0.379. The first-order valence-corrected chi connectivity index (χ1v) is 9.20. The number of rotatable bonds is 5. The van der Waals surface area contributed by atoms with Crippen LogP contribution < -0.4 is 5.43 Å². The summed E-state index contributed by atoms with van der Waals surface area (Å²) in [6.45, 7) is 5.74. The fourth-order valence-electron chi connectivity index (χ4n) is 3.37. The Hall–Kier alpha value is -3.87. The van der Waals surface area contributed by atoms with Gasteiger partial charge in [-0.25, -0.2) is 15.4 Å². The summed E-state index contributed by atoms with van der Waals surface area (Å²) in [5, 5.41) is 4.32. The van der Waals surface area contributed by atoms with E-state index in [0.717, 1.165) is 28.0 Å². The SMILES string of the molecule is Cc1cc(C)nc(N/N=C\c2c(C)c(C(=O)c3ccncc3)n3ccccc23)n1. The second kappa shape index (κ2) is 7.63. The first-order chi connectivity index (χ1) is 14.0. The van der Waals surface area contributed by atoms with Crippen LogP contribution in [-0.4, -0.2) is 31.4 Å². The summed E-state index contributed by atoms with van der Waals surface area (Å²) in [6.07, 6.45) is 6.83. The van der Waals surface area contributed by atoms with Crippen LogP contribution >= 0.6 is 0 Å². The summed E-state index contributed by atoms with van der Waals surface area (Å²) in [6, 6.07) is 11.1. The molecule has 0 aromatic carbocycles. The van der Waals surface area contributed by atoms with E-state index in [1.807, 2.05) is 55.6 Å². The Bertz CT molecular complexity index is 1210. The van der Waals surface area contributed by atoms with Crippen LogP contribution in [-0.2, 0) is 0 Å². The van der Waals surface area contributed by atoms with Gasteiger partial charge in [0, 0.05) is 41.1 Å². The molecule has 29 heavy (non-hydrogen) atoms. The number of nitrogens with zero attached hydrogens (tertiary/aromatic N) is 5. The third-order valence-electron chi connectivity index (χ3n) is 4.63. The molecule has 0 bridgehead atoms. The minimum absolute atomic E-state index is 0.0589. The van der Waals surface area contributed by atoms with Gasteiger partial charge in [0.15, 0.2) is 0 Å². The number of hydrazone groups is 1. The molecule has 4 aromatic rings. The summed E-state index contributed by atoms with van der Waals surface area (Å²) in [5.41, 5.74) is 8.43. The number of ketones is 1. The molecule has 4 heterocycles. The average Bonchev–Trinajstić information content (AvgIpc) is 2.99. The Balaban J connectivity index is 1.73. The van der Waals surface area contributed by atoms with E-state index < -0.39 is 0 Å². The molecular formula is C22H20N6O. The lowest BCUT2D eigenvalue weighted by molar-refractivity contribution is 0.103. The predicted molar refractivity (Wildman–Crippen MR) is 113 cm³/mol. The standard InChI is InChI=1S/C22H20N6O/c1-14-12-15(2)26-22(25-14)27-24-13-18-16(3)20(28-11-5-4-6-19(18)28)21(29)17-7-9-23-10-8-17/h4-13H,1-3H3,(H,25,26,27)/b24-13-. The lowest BCUT2D eigenvalue weighted by atomic mass is 10.1. The molecule has 0 saturated heterocycles. The normalized spacial score (nSPS) is 11.3. The summed E-state index contributed by atoms with van der Waals surface area (Å²) >= 11 is 0. The van der Waals surface area contributed by atoms with Crippen LogP contribution in [0.25, 0.3) is 5.52 Å². The van der Waals surface area contributed by atoms with E-state index in [9.17, 15) is 4.79 Å². The number of hydrogen-bond acceptors (Lipinski definition) is 6. The highest BCUT2D eigenvalue weighted by molar-refractivity contribution is 6.11. The maximum absolute atomic E-state index is 13.1. The van der Waals surface area contributed by atoms with Gasteiger partial charge >= 0.3 is 0 Å². The Morgan fingerprint density at radius 3 is 2.52 bits per heavy atom. The van der Waals surface area contributed by atoms with E-state index in [4.69, 9.17) is 0 Å². The van der Waals surface area contributed by atoms with Crippen molar-refractivity contribution in [3.8, 4) is 0 Å². The van der Waals surface area contributed by atoms with Gasteiger partial charge in [0.1, 0.15) is 0 Å². The number of fused-ring (bicyclic) bond motifs is 1. The first kappa shape index (κ1) is 18.5. The molecule has 1 N–H and O–H groups in total.